The molecule has 9 heteroatoms. The third-order valence-electron chi connectivity index (χ3n) is 3.06. The number of rotatable bonds is 2. The summed E-state index contributed by atoms with van der Waals surface area (Å²) in [5.74, 6) is 0.222. The minimum Gasteiger partial charge on any atom is -0.448 e. The molecule has 1 N–H and O–H groups in total. The summed E-state index contributed by atoms with van der Waals surface area (Å²) in [6, 6.07) is 6.58. The third-order valence-corrected chi connectivity index (χ3v) is 4.45. The van der Waals surface area contributed by atoms with Gasteiger partial charge in [-0.3, -0.25) is 9.59 Å². The Bertz CT molecular complexity index is 907. The molecule has 1 aromatic heterocycles. The molecular formula is C16H9Br2ClN2O4. The standard InChI is InChI=1S/C16H9Br2ClN2O4/c1-7(22)24-14-9(17)4-8(5-10(14)18)6-12-16(23)21-15-11(25-12)2-3-13(19)20-15/h2-6H,1H3,(H,20,21,23)/b12-6+. The van der Waals surface area contributed by atoms with Gasteiger partial charge in [0.2, 0.25) is 0 Å². The Morgan fingerprint density at radius 2 is 2.00 bits per heavy atom. The van der Waals surface area contributed by atoms with Crippen molar-refractivity contribution < 1.29 is 19.1 Å². The van der Waals surface area contributed by atoms with E-state index in [4.69, 9.17) is 21.1 Å². The minimum atomic E-state index is -0.446. The molecule has 0 spiro atoms. The molecule has 0 bridgehead atoms. The molecule has 3 rings (SSSR count). The van der Waals surface area contributed by atoms with E-state index in [2.05, 4.69) is 42.2 Å². The van der Waals surface area contributed by atoms with Gasteiger partial charge in [0.05, 0.1) is 8.95 Å². The number of fused-ring (bicyclic) bond motifs is 1. The van der Waals surface area contributed by atoms with Crippen LogP contribution in [0.4, 0.5) is 5.82 Å². The van der Waals surface area contributed by atoms with Gasteiger partial charge in [-0.15, -0.1) is 0 Å². The van der Waals surface area contributed by atoms with Crippen LogP contribution in [0.15, 0.2) is 39.0 Å². The van der Waals surface area contributed by atoms with Crippen molar-refractivity contribution in [1.82, 2.24) is 4.98 Å². The van der Waals surface area contributed by atoms with Crippen LogP contribution in [-0.4, -0.2) is 16.9 Å². The Kier molecular flexibility index (Phi) is 5.12. The molecule has 0 fully saturated rings. The Balaban J connectivity index is 1.94. The number of nitrogens with one attached hydrogen (secondary N) is 1. The van der Waals surface area contributed by atoms with Crippen LogP contribution < -0.4 is 14.8 Å². The van der Waals surface area contributed by atoms with Crippen LogP contribution in [0.5, 0.6) is 11.5 Å². The topological polar surface area (TPSA) is 77.5 Å². The fourth-order valence-electron chi connectivity index (χ4n) is 2.08. The molecule has 1 aliphatic rings. The van der Waals surface area contributed by atoms with Gasteiger partial charge < -0.3 is 14.8 Å². The average molecular weight is 489 g/mol. The van der Waals surface area contributed by atoms with E-state index >= 15 is 0 Å². The first-order valence-electron chi connectivity index (χ1n) is 6.88. The van der Waals surface area contributed by atoms with Crippen molar-refractivity contribution in [3.8, 4) is 11.5 Å². The summed E-state index contributed by atoms with van der Waals surface area (Å²) >= 11 is 12.5. The average Bonchev–Trinajstić information content (AvgIpc) is 2.52. The molecule has 2 heterocycles. The zero-order valence-electron chi connectivity index (χ0n) is 12.6. The number of esters is 1. The second-order valence-electron chi connectivity index (χ2n) is 4.95. The maximum absolute atomic E-state index is 12.2. The van der Waals surface area contributed by atoms with Crippen molar-refractivity contribution in [3.63, 3.8) is 0 Å². The largest absolute Gasteiger partial charge is 0.448 e. The van der Waals surface area contributed by atoms with Gasteiger partial charge >= 0.3 is 5.97 Å². The second-order valence-corrected chi connectivity index (χ2v) is 7.05. The Hall–Kier alpha value is -1.90. The first kappa shape index (κ1) is 17.9. The number of halogens is 3. The predicted octanol–water partition coefficient (Wildman–Crippen LogP) is 4.56. The summed E-state index contributed by atoms with van der Waals surface area (Å²) in [4.78, 5) is 27.3. The zero-order chi connectivity index (χ0) is 18.1. The third kappa shape index (κ3) is 4.02. The van der Waals surface area contributed by atoms with Crippen molar-refractivity contribution in [2.75, 3.05) is 5.32 Å². The van der Waals surface area contributed by atoms with Gasteiger partial charge in [0, 0.05) is 6.92 Å². The number of pyridine rings is 1. The molecule has 25 heavy (non-hydrogen) atoms. The van der Waals surface area contributed by atoms with Crippen LogP contribution in [0.2, 0.25) is 5.15 Å². The van der Waals surface area contributed by atoms with Gasteiger partial charge in [0.15, 0.2) is 23.1 Å². The number of hydrogen-bond donors (Lipinski definition) is 1. The molecular weight excluding hydrogens is 479 g/mol. The zero-order valence-corrected chi connectivity index (χ0v) is 16.5. The molecule has 128 valence electrons. The Labute approximate surface area is 164 Å². The number of anilines is 1. The molecule has 2 aromatic rings. The molecule has 0 radical (unpaired) electrons. The van der Waals surface area contributed by atoms with Gasteiger partial charge in [-0.1, -0.05) is 11.6 Å². The fourth-order valence-corrected chi connectivity index (χ4v) is 3.61. The van der Waals surface area contributed by atoms with Crippen LogP contribution in [0.3, 0.4) is 0 Å². The maximum atomic E-state index is 12.2. The van der Waals surface area contributed by atoms with Crippen LogP contribution in [0.1, 0.15) is 12.5 Å². The number of carbonyl (C=O) groups excluding carboxylic acids is 2. The van der Waals surface area contributed by atoms with Gasteiger partial charge in [-0.05, 0) is 67.8 Å². The Morgan fingerprint density at radius 1 is 1.32 bits per heavy atom. The second kappa shape index (κ2) is 7.15. The number of carbonyl (C=O) groups is 2. The lowest BCUT2D eigenvalue weighted by atomic mass is 10.2. The minimum absolute atomic E-state index is 0.0932. The number of ether oxygens (including phenoxy) is 2. The summed E-state index contributed by atoms with van der Waals surface area (Å²) < 4.78 is 11.8. The molecule has 6 nitrogen and oxygen atoms in total. The molecule has 0 saturated heterocycles. The molecule has 0 aliphatic carbocycles. The highest BCUT2D eigenvalue weighted by Crippen LogP contribution is 2.36. The van der Waals surface area contributed by atoms with E-state index in [0.717, 1.165) is 0 Å². The molecule has 1 amide bonds. The van der Waals surface area contributed by atoms with E-state index in [1.807, 2.05) is 0 Å². The van der Waals surface area contributed by atoms with E-state index in [1.165, 1.54) is 6.92 Å². The van der Waals surface area contributed by atoms with Gasteiger partial charge in [0.1, 0.15) is 5.15 Å². The highest BCUT2D eigenvalue weighted by molar-refractivity contribution is 9.11. The van der Waals surface area contributed by atoms with E-state index < -0.39 is 11.9 Å². The summed E-state index contributed by atoms with van der Waals surface area (Å²) in [7, 11) is 0. The van der Waals surface area contributed by atoms with E-state index in [-0.39, 0.29) is 16.7 Å². The summed E-state index contributed by atoms with van der Waals surface area (Å²) in [5, 5.41) is 2.87. The van der Waals surface area contributed by atoms with Crippen LogP contribution >= 0.6 is 43.5 Å². The lowest BCUT2D eigenvalue weighted by molar-refractivity contribution is -0.132. The summed E-state index contributed by atoms with van der Waals surface area (Å²) in [6.07, 6.45) is 1.56. The van der Waals surface area contributed by atoms with Crippen molar-refractivity contribution in [2.24, 2.45) is 0 Å². The first-order chi connectivity index (χ1) is 11.8. The molecule has 1 aliphatic heterocycles. The molecule has 0 atom stereocenters. The quantitative estimate of drug-likeness (QED) is 0.290. The number of hydrogen-bond acceptors (Lipinski definition) is 5. The monoisotopic (exact) mass is 486 g/mol. The maximum Gasteiger partial charge on any atom is 0.308 e. The van der Waals surface area contributed by atoms with Crippen LogP contribution in [0.25, 0.3) is 6.08 Å². The van der Waals surface area contributed by atoms with E-state index in [9.17, 15) is 9.59 Å². The Morgan fingerprint density at radius 3 is 2.64 bits per heavy atom. The first-order valence-corrected chi connectivity index (χ1v) is 8.85. The van der Waals surface area contributed by atoms with E-state index in [0.29, 0.717) is 26.0 Å². The summed E-state index contributed by atoms with van der Waals surface area (Å²) in [5.41, 5.74) is 0.658. The molecule has 1 aromatic carbocycles. The van der Waals surface area contributed by atoms with Crippen LogP contribution in [-0.2, 0) is 9.59 Å². The van der Waals surface area contributed by atoms with Crippen molar-refractivity contribution in [2.45, 2.75) is 6.92 Å². The lowest BCUT2D eigenvalue weighted by Gasteiger charge is -2.19. The number of benzene rings is 1. The van der Waals surface area contributed by atoms with Gasteiger partial charge in [-0.25, -0.2) is 4.98 Å². The summed E-state index contributed by atoms with van der Waals surface area (Å²) in [6.45, 7) is 1.31. The van der Waals surface area contributed by atoms with Crippen LogP contribution in [0, 0.1) is 0 Å². The SMILES string of the molecule is CC(=O)Oc1c(Br)cc(/C=C2/Oc3ccc(Cl)nc3NC2=O)cc1Br. The van der Waals surface area contributed by atoms with Crippen molar-refractivity contribution >= 4 is 67.2 Å². The number of nitrogens with zero attached hydrogens (tertiary/aromatic N) is 1. The normalized spacial score (nSPS) is 14.6. The van der Waals surface area contributed by atoms with Gasteiger partial charge in [0.25, 0.3) is 5.91 Å². The highest BCUT2D eigenvalue weighted by Gasteiger charge is 2.23. The lowest BCUT2D eigenvalue weighted by Crippen LogP contribution is -2.24. The number of amides is 1. The van der Waals surface area contributed by atoms with E-state index in [1.54, 1.807) is 30.3 Å². The predicted molar refractivity (Wildman–Crippen MR) is 99.6 cm³/mol. The smallest absolute Gasteiger partial charge is 0.308 e. The van der Waals surface area contributed by atoms with Crippen molar-refractivity contribution in [3.05, 3.63) is 49.7 Å². The van der Waals surface area contributed by atoms with Crippen molar-refractivity contribution in [1.29, 1.82) is 0 Å². The molecule has 0 saturated carbocycles. The van der Waals surface area contributed by atoms with Gasteiger partial charge in [-0.2, -0.15) is 0 Å². The fraction of sp³-hybridized carbons (Fsp3) is 0.0625. The highest BCUT2D eigenvalue weighted by atomic mass is 79.9. The number of aromatic nitrogens is 1. The molecule has 0 unspecified atom stereocenters.